The molecule has 60 valence electrons. The molecule has 0 aromatic heterocycles. The van der Waals surface area contributed by atoms with Gasteiger partial charge >= 0.3 is 0 Å². The topological polar surface area (TPSA) is 49.7 Å². The molecule has 1 saturated heterocycles. The maximum atomic E-state index is 8.90. The van der Waals surface area contributed by atoms with Crippen molar-refractivity contribution in [3.8, 4) is 0 Å². The Bertz CT molecular complexity index is 95.2. The zero-order valence-corrected chi connectivity index (χ0v) is 5.99. The van der Waals surface area contributed by atoms with Crippen molar-refractivity contribution >= 4 is 0 Å². The van der Waals surface area contributed by atoms with Crippen molar-refractivity contribution in [1.29, 1.82) is 0 Å². The van der Waals surface area contributed by atoms with Gasteiger partial charge in [-0.2, -0.15) is 0 Å². The van der Waals surface area contributed by atoms with E-state index in [0.717, 1.165) is 0 Å². The quantitative estimate of drug-likeness (QED) is 0.480. The van der Waals surface area contributed by atoms with Crippen LogP contribution in [0, 0.1) is 0 Å². The third-order valence-electron chi connectivity index (χ3n) is 2.02. The van der Waals surface area contributed by atoms with E-state index in [1.165, 1.54) is 0 Å². The maximum absolute atomic E-state index is 8.90. The molecule has 0 aromatic rings. The van der Waals surface area contributed by atoms with Crippen molar-refractivity contribution in [2.75, 3.05) is 39.8 Å². The summed E-state index contributed by atoms with van der Waals surface area (Å²) >= 11 is 0. The van der Waals surface area contributed by atoms with E-state index in [9.17, 15) is 0 Å². The average Bonchev–Trinajstić information content (AvgIpc) is 2.06. The molecule has 0 aromatic carbocycles. The monoisotopic (exact) mass is 148 g/mol. The highest BCUT2D eigenvalue weighted by Crippen LogP contribution is 2.07. The zero-order valence-electron chi connectivity index (χ0n) is 5.99. The first-order valence-electron chi connectivity index (χ1n) is 3.47. The van der Waals surface area contributed by atoms with Gasteiger partial charge in [0.15, 0.2) is 13.5 Å². The Balaban J connectivity index is 2.44. The van der Waals surface area contributed by atoms with Gasteiger partial charge in [0.2, 0.25) is 0 Å². The van der Waals surface area contributed by atoms with Gasteiger partial charge < -0.3 is 14.9 Å². The number of aliphatic hydroxyl groups is 2. The second-order valence-electron chi connectivity index (χ2n) is 2.68. The van der Waals surface area contributed by atoms with Crippen LogP contribution in [-0.4, -0.2) is 54.5 Å². The second-order valence-corrected chi connectivity index (χ2v) is 2.68. The first-order valence-corrected chi connectivity index (χ1v) is 3.47. The van der Waals surface area contributed by atoms with Crippen LogP contribution in [0.2, 0.25) is 0 Å². The molecule has 4 nitrogen and oxygen atoms in total. The molecule has 0 radical (unpaired) electrons. The molecule has 0 aliphatic carbocycles. The van der Waals surface area contributed by atoms with Crippen LogP contribution in [0.25, 0.3) is 0 Å². The average molecular weight is 148 g/mol. The smallest absolute Gasteiger partial charge is 0.182 e. The number of morpholine rings is 1. The van der Waals surface area contributed by atoms with Crippen LogP contribution < -0.4 is 0 Å². The number of hydrogen-bond donors (Lipinski definition) is 2. The van der Waals surface area contributed by atoms with Crippen molar-refractivity contribution in [2.24, 2.45) is 0 Å². The fourth-order valence-corrected chi connectivity index (χ4v) is 1.06. The molecule has 10 heavy (non-hydrogen) atoms. The van der Waals surface area contributed by atoms with Gasteiger partial charge in [0.25, 0.3) is 0 Å². The number of aliphatic hydroxyl groups excluding tert-OH is 2. The van der Waals surface area contributed by atoms with E-state index in [1.807, 2.05) is 0 Å². The van der Waals surface area contributed by atoms with E-state index in [-0.39, 0.29) is 13.5 Å². The molecule has 0 bridgehead atoms. The lowest BCUT2D eigenvalue weighted by Gasteiger charge is -2.37. The lowest BCUT2D eigenvalue weighted by molar-refractivity contribution is -0.967. The molecule has 1 fully saturated rings. The van der Waals surface area contributed by atoms with E-state index < -0.39 is 0 Å². The van der Waals surface area contributed by atoms with Gasteiger partial charge in [-0.1, -0.05) is 0 Å². The fraction of sp³-hybridized carbons (Fsp3) is 1.00. The molecule has 1 rings (SSSR count). The van der Waals surface area contributed by atoms with E-state index in [4.69, 9.17) is 14.9 Å². The van der Waals surface area contributed by atoms with Gasteiger partial charge in [0, 0.05) is 0 Å². The molecular formula is C6H14NO3+. The SMILES string of the molecule is OC[N+]1(CO)CCOCC1. The summed E-state index contributed by atoms with van der Waals surface area (Å²) < 4.78 is 5.47. The number of hydrogen-bond acceptors (Lipinski definition) is 3. The van der Waals surface area contributed by atoms with E-state index in [0.29, 0.717) is 30.8 Å². The van der Waals surface area contributed by atoms with Crippen LogP contribution in [0.3, 0.4) is 0 Å². The molecule has 2 N–H and O–H groups in total. The van der Waals surface area contributed by atoms with Crippen LogP contribution in [0.4, 0.5) is 0 Å². The highest BCUT2D eigenvalue weighted by atomic mass is 16.5. The summed E-state index contributed by atoms with van der Waals surface area (Å²) in [6, 6.07) is 0. The summed E-state index contributed by atoms with van der Waals surface area (Å²) in [5.74, 6) is 0. The van der Waals surface area contributed by atoms with Crippen LogP contribution in [-0.2, 0) is 4.74 Å². The second kappa shape index (κ2) is 3.30. The standard InChI is InChI=1S/C6H14NO3/c8-5-7(6-9)1-3-10-4-2-7/h8-9H,1-6H2/q+1. The van der Waals surface area contributed by atoms with E-state index in [1.54, 1.807) is 0 Å². The lowest BCUT2D eigenvalue weighted by Crippen LogP contribution is -2.56. The molecule has 0 spiro atoms. The summed E-state index contributed by atoms with van der Waals surface area (Å²) in [6.07, 6.45) is 0. The van der Waals surface area contributed by atoms with Crippen molar-refractivity contribution in [1.82, 2.24) is 0 Å². The molecule has 0 unspecified atom stereocenters. The summed E-state index contributed by atoms with van der Waals surface area (Å²) in [7, 11) is 0. The van der Waals surface area contributed by atoms with Crippen molar-refractivity contribution in [3.63, 3.8) is 0 Å². The van der Waals surface area contributed by atoms with Crippen molar-refractivity contribution in [3.05, 3.63) is 0 Å². The molecule has 1 heterocycles. The van der Waals surface area contributed by atoms with Crippen LogP contribution in [0.15, 0.2) is 0 Å². The Hall–Kier alpha value is -0.160. The minimum atomic E-state index is 0.0137. The third kappa shape index (κ3) is 1.46. The molecule has 0 amide bonds. The number of rotatable bonds is 2. The van der Waals surface area contributed by atoms with Gasteiger partial charge in [0.05, 0.1) is 13.2 Å². The van der Waals surface area contributed by atoms with Crippen LogP contribution >= 0.6 is 0 Å². The largest absolute Gasteiger partial charge is 0.370 e. The fourth-order valence-electron chi connectivity index (χ4n) is 1.06. The highest BCUT2D eigenvalue weighted by molar-refractivity contribution is 4.43. The van der Waals surface area contributed by atoms with E-state index in [2.05, 4.69) is 0 Å². The van der Waals surface area contributed by atoms with Gasteiger partial charge in [-0.25, -0.2) is 0 Å². The molecule has 0 atom stereocenters. The van der Waals surface area contributed by atoms with E-state index >= 15 is 0 Å². The molecule has 0 saturated carbocycles. The Morgan fingerprint density at radius 3 is 1.90 bits per heavy atom. The summed E-state index contributed by atoms with van der Waals surface area (Å²) in [6.45, 7) is 2.74. The number of ether oxygens (including phenoxy) is 1. The minimum absolute atomic E-state index is 0.0137. The van der Waals surface area contributed by atoms with Gasteiger partial charge in [-0.05, 0) is 0 Å². The normalized spacial score (nSPS) is 24.6. The Kier molecular flexibility index (Phi) is 2.62. The molecule has 4 heteroatoms. The Labute approximate surface area is 60.2 Å². The summed E-state index contributed by atoms with van der Waals surface area (Å²) in [5.41, 5.74) is 0. The maximum Gasteiger partial charge on any atom is 0.182 e. The highest BCUT2D eigenvalue weighted by Gasteiger charge is 2.27. The number of quaternary nitrogens is 1. The van der Waals surface area contributed by atoms with Gasteiger partial charge in [-0.15, -0.1) is 0 Å². The summed E-state index contributed by atoms with van der Waals surface area (Å²) in [5, 5.41) is 17.8. The van der Waals surface area contributed by atoms with Crippen molar-refractivity contribution in [2.45, 2.75) is 0 Å². The predicted octanol–water partition coefficient (Wildman–Crippen LogP) is -1.27. The Morgan fingerprint density at radius 1 is 1.10 bits per heavy atom. The van der Waals surface area contributed by atoms with Crippen LogP contribution in [0.5, 0.6) is 0 Å². The molecule has 1 aliphatic rings. The van der Waals surface area contributed by atoms with Crippen molar-refractivity contribution < 1.29 is 19.4 Å². The summed E-state index contributed by atoms with van der Waals surface area (Å²) in [4.78, 5) is 0. The van der Waals surface area contributed by atoms with Gasteiger partial charge in [0.1, 0.15) is 13.1 Å². The minimum Gasteiger partial charge on any atom is -0.370 e. The Morgan fingerprint density at radius 2 is 1.60 bits per heavy atom. The van der Waals surface area contributed by atoms with Crippen LogP contribution in [0.1, 0.15) is 0 Å². The zero-order chi connectivity index (χ0) is 7.45. The first kappa shape index (κ1) is 7.94. The van der Waals surface area contributed by atoms with Gasteiger partial charge in [-0.3, -0.25) is 4.48 Å². The lowest BCUT2D eigenvalue weighted by atomic mass is 10.4. The molecule has 1 aliphatic heterocycles. The number of nitrogens with zero attached hydrogens (tertiary/aromatic N) is 1. The molecular weight excluding hydrogens is 134 g/mol. The predicted molar refractivity (Wildman–Crippen MR) is 35.0 cm³/mol. The third-order valence-corrected chi connectivity index (χ3v) is 2.02. The first-order chi connectivity index (χ1) is 4.83.